The fraction of sp³-hybridized carbons (Fsp3) is 0.889. The molecule has 1 atom stereocenters. The van der Waals surface area contributed by atoms with Gasteiger partial charge < -0.3 is 24.8 Å². The predicted molar refractivity (Wildman–Crippen MR) is 99.4 cm³/mol. The molecule has 7 nitrogen and oxygen atoms in total. The Morgan fingerprint density at radius 1 is 1.20 bits per heavy atom. The Hall–Kier alpha value is -1.34. The van der Waals surface area contributed by atoms with E-state index in [1.54, 1.807) is 0 Å². The number of nitrogens with zero attached hydrogens (tertiary/aromatic N) is 2. The molecular formula is C18H37N4O3+. The Bertz CT molecular complexity index is 435. The van der Waals surface area contributed by atoms with Crippen molar-refractivity contribution in [2.24, 2.45) is 0 Å². The molecule has 25 heavy (non-hydrogen) atoms. The summed E-state index contributed by atoms with van der Waals surface area (Å²) in [7, 11) is 6.42. The number of piperazine rings is 1. The zero-order chi connectivity index (χ0) is 19.1. The minimum atomic E-state index is -0.542. The van der Waals surface area contributed by atoms with Crippen molar-refractivity contribution in [2.45, 2.75) is 51.7 Å². The molecule has 7 heteroatoms. The summed E-state index contributed by atoms with van der Waals surface area (Å²) in [4.78, 5) is 26.5. The first-order valence-corrected chi connectivity index (χ1v) is 9.25. The van der Waals surface area contributed by atoms with Gasteiger partial charge in [0, 0.05) is 38.6 Å². The van der Waals surface area contributed by atoms with E-state index in [1.807, 2.05) is 25.7 Å². The second-order valence-corrected chi connectivity index (χ2v) is 8.83. The lowest BCUT2D eigenvalue weighted by Crippen LogP contribution is -2.49. The van der Waals surface area contributed by atoms with Crippen LogP contribution in [0.1, 0.15) is 40.0 Å². The molecule has 0 saturated carbocycles. The molecule has 2 N–H and O–H groups in total. The number of carbonyl (C=O) groups excluding carboxylic acids is 2. The average molecular weight is 358 g/mol. The SMILES string of the molecule is CC(C)(C)OC(=O)N[C@@H](CCC[N+](C)(C)C)CC(=O)N1CCNCC1. The van der Waals surface area contributed by atoms with Crippen molar-refractivity contribution in [1.29, 1.82) is 0 Å². The van der Waals surface area contributed by atoms with Gasteiger partial charge in [-0.2, -0.15) is 0 Å². The van der Waals surface area contributed by atoms with Crippen LogP contribution in [-0.2, 0) is 9.53 Å². The van der Waals surface area contributed by atoms with Gasteiger partial charge in [-0.05, 0) is 33.6 Å². The van der Waals surface area contributed by atoms with E-state index in [2.05, 4.69) is 31.8 Å². The third kappa shape index (κ3) is 10.3. The molecule has 0 bridgehead atoms. The second kappa shape index (κ2) is 9.38. The summed E-state index contributed by atoms with van der Waals surface area (Å²) in [5.41, 5.74) is -0.542. The maximum absolute atomic E-state index is 12.5. The fourth-order valence-electron chi connectivity index (χ4n) is 2.77. The van der Waals surface area contributed by atoms with Gasteiger partial charge in [0.25, 0.3) is 0 Å². The highest BCUT2D eigenvalue weighted by Crippen LogP contribution is 2.11. The molecule has 0 spiro atoms. The molecule has 0 radical (unpaired) electrons. The Morgan fingerprint density at radius 3 is 2.32 bits per heavy atom. The molecule has 1 saturated heterocycles. The van der Waals surface area contributed by atoms with Crippen molar-refractivity contribution in [1.82, 2.24) is 15.5 Å². The number of amides is 2. The van der Waals surface area contributed by atoms with Gasteiger partial charge >= 0.3 is 6.09 Å². The quantitative estimate of drug-likeness (QED) is 0.672. The zero-order valence-corrected chi connectivity index (χ0v) is 16.9. The largest absolute Gasteiger partial charge is 0.444 e. The summed E-state index contributed by atoms with van der Waals surface area (Å²) in [5.74, 6) is 0.104. The minimum Gasteiger partial charge on any atom is -0.444 e. The minimum absolute atomic E-state index is 0.104. The Kier molecular flexibility index (Phi) is 8.15. The number of quaternary nitrogens is 1. The highest BCUT2D eigenvalue weighted by atomic mass is 16.6. The van der Waals surface area contributed by atoms with Gasteiger partial charge in [-0.25, -0.2) is 4.79 Å². The molecule has 0 aromatic rings. The number of rotatable bonds is 7. The van der Waals surface area contributed by atoms with Gasteiger partial charge in [-0.1, -0.05) is 0 Å². The van der Waals surface area contributed by atoms with Crippen molar-refractivity contribution in [3.8, 4) is 0 Å². The predicted octanol–water partition coefficient (Wildman–Crippen LogP) is 1.19. The first-order valence-electron chi connectivity index (χ1n) is 9.25. The molecule has 0 unspecified atom stereocenters. The summed E-state index contributed by atoms with van der Waals surface area (Å²) in [6, 6.07) is -0.191. The zero-order valence-electron chi connectivity index (χ0n) is 16.9. The normalized spacial score (nSPS) is 17.1. The first-order chi connectivity index (χ1) is 11.5. The van der Waals surface area contributed by atoms with Gasteiger partial charge in [-0.15, -0.1) is 0 Å². The van der Waals surface area contributed by atoms with Gasteiger partial charge in [0.1, 0.15) is 5.60 Å². The summed E-state index contributed by atoms with van der Waals surface area (Å²) in [6.45, 7) is 9.64. The van der Waals surface area contributed by atoms with Gasteiger partial charge in [-0.3, -0.25) is 4.79 Å². The Balaban J connectivity index is 2.59. The van der Waals surface area contributed by atoms with Crippen LogP contribution in [-0.4, -0.2) is 86.9 Å². The molecule has 1 aliphatic heterocycles. The van der Waals surface area contributed by atoms with Crippen LogP contribution >= 0.6 is 0 Å². The molecule has 2 amide bonds. The molecule has 0 aromatic heterocycles. The molecule has 0 aromatic carbocycles. The topological polar surface area (TPSA) is 70.7 Å². The lowest BCUT2D eigenvalue weighted by atomic mass is 10.1. The number of hydrogen-bond acceptors (Lipinski definition) is 4. The van der Waals surface area contributed by atoms with E-state index in [9.17, 15) is 9.59 Å². The van der Waals surface area contributed by atoms with E-state index in [4.69, 9.17) is 4.74 Å². The maximum Gasteiger partial charge on any atom is 0.407 e. The smallest absolute Gasteiger partial charge is 0.407 e. The fourth-order valence-corrected chi connectivity index (χ4v) is 2.77. The molecule has 1 fully saturated rings. The van der Waals surface area contributed by atoms with E-state index in [0.717, 1.165) is 50.0 Å². The summed E-state index contributed by atoms with van der Waals surface area (Å²) in [6.07, 6.45) is 1.60. The maximum atomic E-state index is 12.5. The van der Waals surface area contributed by atoms with Crippen LogP contribution in [0.2, 0.25) is 0 Å². The van der Waals surface area contributed by atoms with Crippen molar-refractivity contribution < 1.29 is 18.8 Å². The summed E-state index contributed by atoms with van der Waals surface area (Å²) >= 11 is 0. The first kappa shape index (κ1) is 21.7. The molecule has 146 valence electrons. The van der Waals surface area contributed by atoms with E-state index in [1.165, 1.54) is 0 Å². The van der Waals surface area contributed by atoms with E-state index in [-0.39, 0.29) is 11.9 Å². The summed E-state index contributed by atoms with van der Waals surface area (Å²) < 4.78 is 6.22. The van der Waals surface area contributed by atoms with Crippen LogP contribution in [0.25, 0.3) is 0 Å². The van der Waals surface area contributed by atoms with Crippen LogP contribution in [0.5, 0.6) is 0 Å². The summed E-state index contributed by atoms with van der Waals surface area (Å²) in [5, 5.41) is 6.14. The monoisotopic (exact) mass is 357 g/mol. The van der Waals surface area contributed by atoms with Crippen molar-refractivity contribution in [3.63, 3.8) is 0 Å². The highest BCUT2D eigenvalue weighted by Gasteiger charge is 2.24. The van der Waals surface area contributed by atoms with Crippen LogP contribution in [0, 0.1) is 0 Å². The van der Waals surface area contributed by atoms with E-state index >= 15 is 0 Å². The van der Waals surface area contributed by atoms with Crippen LogP contribution < -0.4 is 10.6 Å². The lowest BCUT2D eigenvalue weighted by molar-refractivity contribution is -0.870. The number of carbonyl (C=O) groups is 2. The molecule has 1 heterocycles. The van der Waals surface area contributed by atoms with Crippen LogP contribution in [0.3, 0.4) is 0 Å². The second-order valence-electron chi connectivity index (χ2n) is 8.83. The van der Waals surface area contributed by atoms with Crippen molar-refractivity contribution >= 4 is 12.0 Å². The van der Waals surface area contributed by atoms with Gasteiger partial charge in [0.15, 0.2) is 0 Å². The standard InChI is InChI=1S/C18H36N4O3/c1-18(2,3)25-17(24)20-15(8-7-13-22(4,5)6)14-16(23)21-11-9-19-10-12-21/h15,19H,7-14H2,1-6H3/p+1/t15-/m0/s1. The van der Waals surface area contributed by atoms with Gasteiger partial charge in [0.2, 0.25) is 5.91 Å². The number of hydrogen-bond donors (Lipinski definition) is 2. The highest BCUT2D eigenvalue weighted by molar-refractivity contribution is 5.78. The third-order valence-electron chi connectivity index (χ3n) is 3.99. The van der Waals surface area contributed by atoms with Crippen molar-refractivity contribution in [2.75, 3.05) is 53.9 Å². The molecule has 1 aliphatic rings. The van der Waals surface area contributed by atoms with Crippen molar-refractivity contribution in [3.05, 3.63) is 0 Å². The number of ether oxygens (including phenoxy) is 1. The Labute approximate surface area is 152 Å². The molecule has 0 aliphatic carbocycles. The van der Waals surface area contributed by atoms with Crippen LogP contribution in [0.4, 0.5) is 4.79 Å². The van der Waals surface area contributed by atoms with Crippen LogP contribution in [0.15, 0.2) is 0 Å². The Morgan fingerprint density at radius 2 is 1.80 bits per heavy atom. The number of alkyl carbamates (subject to hydrolysis) is 1. The average Bonchev–Trinajstić information content (AvgIpc) is 2.44. The molecule has 1 rings (SSSR count). The lowest BCUT2D eigenvalue weighted by Gasteiger charge is -2.30. The third-order valence-corrected chi connectivity index (χ3v) is 3.99. The number of nitrogens with one attached hydrogen (secondary N) is 2. The van der Waals surface area contributed by atoms with E-state index in [0.29, 0.717) is 6.42 Å². The molecular weight excluding hydrogens is 320 g/mol. The van der Waals surface area contributed by atoms with Gasteiger partial charge in [0.05, 0.1) is 27.7 Å². The van der Waals surface area contributed by atoms with E-state index < -0.39 is 11.7 Å².